The Morgan fingerprint density at radius 1 is 1.41 bits per heavy atom. The van der Waals surface area contributed by atoms with E-state index >= 15 is 0 Å². The fourth-order valence-corrected chi connectivity index (χ4v) is 1.37. The van der Waals surface area contributed by atoms with Gasteiger partial charge in [-0.2, -0.15) is 0 Å². The molecule has 0 unspecified atom stereocenters. The van der Waals surface area contributed by atoms with Crippen molar-refractivity contribution < 1.29 is 14.1 Å². The van der Waals surface area contributed by atoms with Gasteiger partial charge in [-0.05, 0) is 12.5 Å². The highest BCUT2D eigenvalue weighted by atomic mass is 16.6. The molecular weight excluding hydrogens is 220 g/mol. The van der Waals surface area contributed by atoms with Gasteiger partial charge < -0.3 is 9.26 Å². The molecule has 88 valence electrons. The van der Waals surface area contributed by atoms with Gasteiger partial charge in [-0.15, -0.1) is 0 Å². The van der Waals surface area contributed by atoms with Crippen LogP contribution >= 0.6 is 0 Å². The molecule has 1 aromatic carbocycles. The summed E-state index contributed by atoms with van der Waals surface area (Å²) in [6.45, 7) is 1.81. The number of carbonyl (C=O) groups is 1. The van der Waals surface area contributed by atoms with E-state index in [2.05, 4.69) is 15.0 Å². The first-order chi connectivity index (χ1) is 8.25. The van der Waals surface area contributed by atoms with Crippen LogP contribution in [-0.2, 0) is 4.74 Å². The number of aromatic nitrogens is 1. The summed E-state index contributed by atoms with van der Waals surface area (Å²) in [6.07, 6.45) is 1.88. The monoisotopic (exact) mass is 232 g/mol. The third-order valence-corrected chi connectivity index (χ3v) is 2.23. The molecule has 0 radical (unpaired) electrons. The molecule has 0 fully saturated rings. The molecule has 1 heterocycles. The molecule has 2 rings (SSSR count). The first-order valence-electron chi connectivity index (χ1n) is 5.17. The summed E-state index contributed by atoms with van der Waals surface area (Å²) in [5, 5.41) is 5.97. The third kappa shape index (κ3) is 3.07. The van der Waals surface area contributed by atoms with Crippen LogP contribution in [0.15, 0.2) is 47.3 Å². The lowest BCUT2D eigenvalue weighted by Gasteiger charge is -2.13. The fraction of sp³-hybridized carbons (Fsp3) is 0.167. The molecule has 1 aromatic heterocycles. The molecule has 0 aliphatic heterocycles. The van der Waals surface area contributed by atoms with Gasteiger partial charge in [-0.3, -0.25) is 5.32 Å². The molecule has 1 atom stereocenters. The van der Waals surface area contributed by atoms with E-state index in [1.807, 2.05) is 37.3 Å². The summed E-state index contributed by atoms with van der Waals surface area (Å²) in [6, 6.07) is 9.50. The van der Waals surface area contributed by atoms with Gasteiger partial charge in [0.1, 0.15) is 18.1 Å². The first-order valence-corrected chi connectivity index (χ1v) is 5.17. The maximum absolute atomic E-state index is 11.5. The maximum atomic E-state index is 11.5. The van der Waals surface area contributed by atoms with E-state index in [4.69, 9.17) is 4.74 Å². The third-order valence-electron chi connectivity index (χ3n) is 2.23. The normalized spacial score (nSPS) is 11.8. The van der Waals surface area contributed by atoms with Crippen molar-refractivity contribution >= 4 is 11.8 Å². The zero-order valence-corrected chi connectivity index (χ0v) is 9.29. The number of nitrogens with one attached hydrogen (secondary N) is 1. The first kappa shape index (κ1) is 11.2. The maximum Gasteiger partial charge on any atom is 0.412 e. The molecule has 0 spiro atoms. The molecule has 5 heteroatoms. The van der Waals surface area contributed by atoms with Crippen LogP contribution < -0.4 is 5.32 Å². The SMILES string of the molecule is C[C@H](OC(=O)Nc1cnoc1)c1ccccc1. The highest BCUT2D eigenvalue weighted by Gasteiger charge is 2.11. The van der Waals surface area contributed by atoms with Crippen molar-refractivity contribution in [3.05, 3.63) is 48.4 Å². The van der Waals surface area contributed by atoms with Crippen molar-refractivity contribution in [2.45, 2.75) is 13.0 Å². The lowest BCUT2D eigenvalue weighted by atomic mass is 10.1. The average molecular weight is 232 g/mol. The van der Waals surface area contributed by atoms with Crippen LogP contribution in [0.25, 0.3) is 0 Å². The Bertz CT molecular complexity index is 468. The quantitative estimate of drug-likeness (QED) is 0.883. The van der Waals surface area contributed by atoms with Crippen LogP contribution in [0.2, 0.25) is 0 Å². The second-order valence-corrected chi connectivity index (χ2v) is 3.50. The largest absolute Gasteiger partial charge is 0.441 e. The van der Waals surface area contributed by atoms with E-state index in [0.29, 0.717) is 5.69 Å². The van der Waals surface area contributed by atoms with Gasteiger partial charge in [0.2, 0.25) is 0 Å². The predicted molar refractivity (Wildman–Crippen MR) is 61.5 cm³/mol. The van der Waals surface area contributed by atoms with Crippen LogP contribution in [0, 0.1) is 0 Å². The summed E-state index contributed by atoms with van der Waals surface area (Å²) in [7, 11) is 0. The van der Waals surface area contributed by atoms with E-state index in [1.165, 1.54) is 12.5 Å². The second kappa shape index (κ2) is 5.16. The van der Waals surface area contributed by atoms with Gasteiger partial charge in [-0.25, -0.2) is 4.79 Å². The number of rotatable bonds is 3. The number of amides is 1. The van der Waals surface area contributed by atoms with Crippen LogP contribution in [0.3, 0.4) is 0 Å². The Kier molecular flexibility index (Phi) is 3.40. The van der Waals surface area contributed by atoms with E-state index in [0.717, 1.165) is 5.56 Å². The van der Waals surface area contributed by atoms with Gasteiger partial charge in [0.25, 0.3) is 0 Å². The van der Waals surface area contributed by atoms with E-state index in [9.17, 15) is 4.79 Å². The highest BCUT2D eigenvalue weighted by molar-refractivity contribution is 5.84. The lowest BCUT2D eigenvalue weighted by Crippen LogP contribution is -2.15. The number of hydrogen-bond acceptors (Lipinski definition) is 4. The number of nitrogens with zero attached hydrogens (tertiary/aromatic N) is 1. The fourth-order valence-electron chi connectivity index (χ4n) is 1.37. The highest BCUT2D eigenvalue weighted by Crippen LogP contribution is 2.16. The number of hydrogen-bond donors (Lipinski definition) is 1. The Morgan fingerprint density at radius 2 is 2.18 bits per heavy atom. The van der Waals surface area contributed by atoms with Gasteiger partial charge in [0, 0.05) is 0 Å². The molecule has 0 aliphatic carbocycles. The lowest BCUT2D eigenvalue weighted by molar-refractivity contribution is 0.121. The van der Waals surface area contributed by atoms with Crippen molar-refractivity contribution in [1.82, 2.24) is 5.16 Å². The van der Waals surface area contributed by atoms with Crippen molar-refractivity contribution in [2.75, 3.05) is 5.32 Å². The molecule has 17 heavy (non-hydrogen) atoms. The zero-order chi connectivity index (χ0) is 12.1. The molecule has 0 bridgehead atoms. The summed E-state index contributed by atoms with van der Waals surface area (Å²) in [5.74, 6) is 0. The number of carbonyl (C=O) groups excluding carboxylic acids is 1. The van der Waals surface area contributed by atoms with Crippen LogP contribution in [0.4, 0.5) is 10.5 Å². The van der Waals surface area contributed by atoms with Gasteiger partial charge >= 0.3 is 6.09 Å². The van der Waals surface area contributed by atoms with Crippen LogP contribution in [0.5, 0.6) is 0 Å². The number of ether oxygens (including phenoxy) is 1. The average Bonchev–Trinajstić information content (AvgIpc) is 2.82. The second-order valence-electron chi connectivity index (χ2n) is 3.50. The molecule has 1 N–H and O–H groups in total. The summed E-state index contributed by atoms with van der Waals surface area (Å²) in [4.78, 5) is 11.5. The van der Waals surface area contributed by atoms with Gasteiger partial charge in [0.15, 0.2) is 0 Å². The molecule has 2 aromatic rings. The Morgan fingerprint density at radius 3 is 2.82 bits per heavy atom. The Hall–Kier alpha value is -2.30. The molecule has 0 saturated heterocycles. The Balaban J connectivity index is 1.91. The molecule has 0 saturated carbocycles. The topological polar surface area (TPSA) is 64.4 Å². The van der Waals surface area contributed by atoms with Crippen molar-refractivity contribution in [1.29, 1.82) is 0 Å². The van der Waals surface area contributed by atoms with E-state index < -0.39 is 6.09 Å². The standard InChI is InChI=1S/C12H12N2O3/c1-9(10-5-3-2-4-6-10)17-12(15)14-11-7-13-16-8-11/h2-9H,1H3,(H,14,15)/t9-/m0/s1. The van der Waals surface area contributed by atoms with E-state index in [-0.39, 0.29) is 6.10 Å². The van der Waals surface area contributed by atoms with E-state index in [1.54, 1.807) is 0 Å². The summed E-state index contributed by atoms with van der Waals surface area (Å²) >= 11 is 0. The van der Waals surface area contributed by atoms with Crippen molar-refractivity contribution in [3.8, 4) is 0 Å². The summed E-state index contributed by atoms with van der Waals surface area (Å²) in [5.41, 5.74) is 1.41. The molecular formula is C12H12N2O3. The predicted octanol–water partition coefficient (Wildman–Crippen LogP) is 2.98. The minimum absolute atomic E-state index is 0.309. The number of benzene rings is 1. The van der Waals surface area contributed by atoms with Gasteiger partial charge in [0.05, 0.1) is 6.20 Å². The smallest absolute Gasteiger partial charge is 0.412 e. The molecule has 5 nitrogen and oxygen atoms in total. The minimum atomic E-state index is -0.537. The van der Waals surface area contributed by atoms with Crippen molar-refractivity contribution in [2.24, 2.45) is 0 Å². The molecule has 0 aliphatic rings. The van der Waals surface area contributed by atoms with Crippen LogP contribution in [0.1, 0.15) is 18.6 Å². The van der Waals surface area contributed by atoms with Crippen LogP contribution in [-0.4, -0.2) is 11.2 Å². The molecule has 1 amide bonds. The summed E-state index contributed by atoms with van der Waals surface area (Å²) < 4.78 is 9.77. The zero-order valence-electron chi connectivity index (χ0n) is 9.29. The Labute approximate surface area is 98.4 Å². The number of anilines is 1. The van der Waals surface area contributed by atoms with Gasteiger partial charge in [-0.1, -0.05) is 35.5 Å². The minimum Gasteiger partial charge on any atom is -0.441 e. The van der Waals surface area contributed by atoms with Crippen molar-refractivity contribution in [3.63, 3.8) is 0 Å².